The predicted octanol–water partition coefficient (Wildman–Crippen LogP) is -0.236. The van der Waals surface area contributed by atoms with E-state index in [1.165, 1.54) is 0 Å². The first kappa shape index (κ1) is 11.8. The number of nitrogens with one attached hydrogen (secondary N) is 1. The third-order valence-electron chi connectivity index (χ3n) is 2.77. The molecule has 17 heavy (non-hydrogen) atoms. The average Bonchev–Trinajstić information content (AvgIpc) is 2.76. The van der Waals surface area contributed by atoms with Crippen LogP contribution in [0.1, 0.15) is 23.8 Å². The highest BCUT2D eigenvalue weighted by Crippen LogP contribution is 2.16. The van der Waals surface area contributed by atoms with Gasteiger partial charge in [-0.25, -0.2) is 0 Å². The molecule has 1 aliphatic heterocycles. The summed E-state index contributed by atoms with van der Waals surface area (Å²) < 4.78 is 0. The lowest BCUT2D eigenvalue weighted by atomic mass is 10.3. The summed E-state index contributed by atoms with van der Waals surface area (Å²) in [5.41, 5.74) is 6.17. The summed E-state index contributed by atoms with van der Waals surface area (Å²) in [6.45, 7) is 4.15. The molecule has 2 rings (SSSR count). The second kappa shape index (κ2) is 5.09. The van der Waals surface area contributed by atoms with Crippen molar-refractivity contribution in [2.24, 2.45) is 5.73 Å². The van der Waals surface area contributed by atoms with Gasteiger partial charge in [0.05, 0.1) is 0 Å². The number of rotatable bonds is 3. The number of hydrogen-bond acceptors (Lipinski definition) is 5. The third-order valence-corrected chi connectivity index (χ3v) is 2.77. The van der Waals surface area contributed by atoms with Crippen LogP contribution < -0.4 is 16.0 Å². The normalized spacial score (nSPS) is 19.4. The highest BCUT2D eigenvalue weighted by Gasteiger charge is 2.20. The molecule has 2 heterocycles. The minimum absolute atomic E-state index is 0.190. The van der Waals surface area contributed by atoms with Crippen molar-refractivity contribution in [2.75, 3.05) is 24.5 Å². The van der Waals surface area contributed by atoms with Gasteiger partial charge in [0.25, 0.3) is 5.91 Å². The fourth-order valence-corrected chi connectivity index (χ4v) is 1.86. The van der Waals surface area contributed by atoms with E-state index in [9.17, 15) is 4.79 Å². The van der Waals surface area contributed by atoms with E-state index >= 15 is 0 Å². The Labute approximate surface area is 100 Å². The van der Waals surface area contributed by atoms with E-state index in [1.54, 1.807) is 6.07 Å². The van der Waals surface area contributed by atoms with Crippen molar-refractivity contribution < 1.29 is 4.79 Å². The number of hydrogen-bond donors (Lipinski definition) is 2. The number of carbonyl (C=O) groups is 1. The Morgan fingerprint density at radius 3 is 2.94 bits per heavy atom. The van der Waals surface area contributed by atoms with Crippen LogP contribution in [0.5, 0.6) is 0 Å². The first-order valence-electron chi connectivity index (χ1n) is 5.83. The van der Waals surface area contributed by atoms with Crippen molar-refractivity contribution in [1.29, 1.82) is 0 Å². The summed E-state index contributed by atoms with van der Waals surface area (Å²) in [6, 6.07) is 3.71. The lowest BCUT2D eigenvalue weighted by molar-refractivity contribution is 0.0950. The maximum atomic E-state index is 11.5. The van der Waals surface area contributed by atoms with E-state index in [1.807, 2.05) is 13.0 Å². The molecule has 6 nitrogen and oxygen atoms in total. The number of nitrogens with two attached hydrogens (primary N) is 1. The Morgan fingerprint density at radius 1 is 1.59 bits per heavy atom. The maximum Gasteiger partial charge on any atom is 0.271 e. The van der Waals surface area contributed by atoms with Crippen LogP contribution in [0.25, 0.3) is 0 Å². The molecule has 0 bridgehead atoms. The monoisotopic (exact) mass is 235 g/mol. The summed E-state index contributed by atoms with van der Waals surface area (Å²) in [7, 11) is 0. The lowest BCUT2D eigenvalue weighted by Gasteiger charge is -2.15. The van der Waals surface area contributed by atoms with E-state index < -0.39 is 0 Å². The Balaban J connectivity index is 2.05. The zero-order valence-corrected chi connectivity index (χ0v) is 9.89. The molecule has 1 aromatic rings. The van der Waals surface area contributed by atoms with Crippen molar-refractivity contribution in [1.82, 2.24) is 15.5 Å². The summed E-state index contributed by atoms with van der Waals surface area (Å²) >= 11 is 0. The van der Waals surface area contributed by atoms with Crippen LogP contribution >= 0.6 is 0 Å². The summed E-state index contributed by atoms with van der Waals surface area (Å²) in [5.74, 6) is 0.593. The SMILES string of the molecule is CCNC(=O)c1ccc(N2CCC(N)C2)nn1. The van der Waals surface area contributed by atoms with E-state index in [2.05, 4.69) is 20.4 Å². The summed E-state index contributed by atoms with van der Waals surface area (Å²) in [4.78, 5) is 13.6. The molecule has 1 amide bonds. The molecule has 1 atom stereocenters. The van der Waals surface area contributed by atoms with E-state index in [0.29, 0.717) is 12.2 Å². The van der Waals surface area contributed by atoms with Crippen LogP contribution in [-0.4, -0.2) is 41.8 Å². The maximum absolute atomic E-state index is 11.5. The quantitative estimate of drug-likeness (QED) is 0.755. The average molecular weight is 235 g/mol. The molecule has 0 spiro atoms. The van der Waals surface area contributed by atoms with E-state index in [-0.39, 0.29) is 11.9 Å². The van der Waals surface area contributed by atoms with Gasteiger partial charge in [0.2, 0.25) is 0 Å². The van der Waals surface area contributed by atoms with Gasteiger partial charge in [0.1, 0.15) is 0 Å². The van der Waals surface area contributed by atoms with Gasteiger partial charge >= 0.3 is 0 Å². The lowest BCUT2D eigenvalue weighted by Crippen LogP contribution is -2.28. The van der Waals surface area contributed by atoms with Gasteiger partial charge < -0.3 is 16.0 Å². The van der Waals surface area contributed by atoms with Crippen molar-refractivity contribution in [3.8, 4) is 0 Å². The third kappa shape index (κ3) is 2.71. The predicted molar refractivity (Wildman–Crippen MR) is 64.8 cm³/mol. The number of anilines is 1. The minimum atomic E-state index is -0.190. The Hall–Kier alpha value is -1.69. The summed E-state index contributed by atoms with van der Waals surface area (Å²) in [5, 5.41) is 10.7. The standard InChI is InChI=1S/C11H17N5O/c1-2-13-11(17)9-3-4-10(15-14-9)16-6-5-8(12)7-16/h3-4,8H,2,5-7,12H2,1H3,(H,13,17). The van der Waals surface area contributed by atoms with Crippen molar-refractivity contribution >= 4 is 11.7 Å². The number of nitrogens with zero attached hydrogens (tertiary/aromatic N) is 3. The molecule has 0 aliphatic carbocycles. The molecule has 0 aromatic carbocycles. The Morgan fingerprint density at radius 2 is 2.41 bits per heavy atom. The van der Waals surface area contributed by atoms with Gasteiger partial charge in [0.15, 0.2) is 11.5 Å². The molecule has 1 fully saturated rings. The highest BCUT2D eigenvalue weighted by molar-refractivity contribution is 5.92. The second-order valence-electron chi connectivity index (χ2n) is 4.13. The first-order valence-corrected chi connectivity index (χ1v) is 5.83. The van der Waals surface area contributed by atoms with Crippen molar-refractivity contribution in [3.05, 3.63) is 17.8 Å². The molecular formula is C11H17N5O. The highest BCUT2D eigenvalue weighted by atomic mass is 16.1. The summed E-state index contributed by atoms with van der Waals surface area (Å²) in [6.07, 6.45) is 0.972. The molecule has 1 aliphatic rings. The molecule has 92 valence electrons. The molecular weight excluding hydrogens is 218 g/mol. The van der Waals surface area contributed by atoms with E-state index in [4.69, 9.17) is 5.73 Å². The van der Waals surface area contributed by atoms with Gasteiger partial charge in [-0.2, -0.15) is 0 Å². The minimum Gasteiger partial charge on any atom is -0.354 e. The Kier molecular flexibility index (Phi) is 3.53. The van der Waals surface area contributed by atoms with Gasteiger partial charge in [-0.05, 0) is 25.5 Å². The topological polar surface area (TPSA) is 84.1 Å². The van der Waals surface area contributed by atoms with Crippen molar-refractivity contribution in [3.63, 3.8) is 0 Å². The molecule has 6 heteroatoms. The van der Waals surface area contributed by atoms with Crippen LogP contribution in [0, 0.1) is 0 Å². The molecule has 0 radical (unpaired) electrons. The van der Waals surface area contributed by atoms with Gasteiger partial charge in [0, 0.05) is 25.7 Å². The fourth-order valence-electron chi connectivity index (χ4n) is 1.86. The molecule has 1 aromatic heterocycles. The number of aromatic nitrogens is 2. The van der Waals surface area contributed by atoms with Crippen LogP contribution in [0.4, 0.5) is 5.82 Å². The largest absolute Gasteiger partial charge is 0.354 e. The van der Waals surface area contributed by atoms with Crippen LogP contribution in [0.3, 0.4) is 0 Å². The first-order chi connectivity index (χ1) is 8.20. The van der Waals surface area contributed by atoms with Gasteiger partial charge in [-0.15, -0.1) is 10.2 Å². The zero-order chi connectivity index (χ0) is 12.3. The van der Waals surface area contributed by atoms with Crippen LogP contribution in [-0.2, 0) is 0 Å². The van der Waals surface area contributed by atoms with Crippen molar-refractivity contribution in [2.45, 2.75) is 19.4 Å². The fraction of sp³-hybridized carbons (Fsp3) is 0.545. The number of carbonyl (C=O) groups excluding carboxylic acids is 1. The molecule has 1 saturated heterocycles. The smallest absolute Gasteiger partial charge is 0.271 e. The van der Waals surface area contributed by atoms with Gasteiger partial charge in [-0.1, -0.05) is 0 Å². The van der Waals surface area contributed by atoms with Gasteiger partial charge in [-0.3, -0.25) is 4.79 Å². The molecule has 0 saturated carbocycles. The van der Waals surface area contributed by atoms with Crippen LogP contribution in [0.15, 0.2) is 12.1 Å². The van der Waals surface area contributed by atoms with Crippen LogP contribution in [0.2, 0.25) is 0 Å². The van der Waals surface area contributed by atoms with E-state index in [0.717, 1.165) is 25.3 Å². The molecule has 3 N–H and O–H groups in total. The molecule has 1 unspecified atom stereocenters. The number of amides is 1. The second-order valence-corrected chi connectivity index (χ2v) is 4.13. The Bertz CT molecular complexity index is 391. The zero-order valence-electron chi connectivity index (χ0n) is 9.89.